The van der Waals surface area contributed by atoms with Crippen molar-refractivity contribution in [3.8, 4) is 0 Å². The summed E-state index contributed by atoms with van der Waals surface area (Å²) in [6.07, 6.45) is 3.08. The summed E-state index contributed by atoms with van der Waals surface area (Å²) in [5, 5.41) is 11.4. The molecule has 1 aromatic heterocycles. The minimum atomic E-state index is -1.11. The molecule has 6 nitrogen and oxygen atoms in total. The zero-order chi connectivity index (χ0) is 12.8. The maximum Gasteiger partial charge on any atom is 0.354 e. The third kappa shape index (κ3) is 3.44. The molecule has 1 heterocycles. The van der Waals surface area contributed by atoms with E-state index in [1.807, 2.05) is 6.92 Å². The number of carbonyl (C=O) groups excluding carboxylic acids is 1. The van der Waals surface area contributed by atoms with Gasteiger partial charge in [0.15, 0.2) is 5.69 Å². The van der Waals surface area contributed by atoms with Crippen LogP contribution in [0.5, 0.6) is 0 Å². The first kappa shape index (κ1) is 13.0. The van der Waals surface area contributed by atoms with E-state index in [4.69, 9.17) is 10.8 Å². The highest BCUT2D eigenvalue weighted by molar-refractivity contribution is 5.87. The predicted octanol–water partition coefficient (Wildman–Crippen LogP) is 0.901. The summed E-state index contributed by atoms with van der Waals surface area (Å²) in [7, 11) is 0. The number of carboxylic acid groups (broad SMARTS) is 1. The van der Waals surface area contributed by atoms with Gasteiger partial charge in [-0.1, -0.05) is 13.3 Å². The van der Waals surface area contributed by atoms with Gasteiger partial charge in [0.1, 0.15) is 0 Å². The summed E-state index contributed by atoms with van der Waals surface area (Å²) in [4.78, 5) is 25.5. The Morgan fingerprint density at radius 3 is 2.76 bits per heavy atom. The van der Waals surface area contributed by atoms with Gasteiger partial charge in [-0.25, -0.2) is 14.6 Å². The second-order valence-corrected chi connectivity index (χ2v) is 3.57. The Bertz CT molecular complexity index is 432. The van der Waals surface area contributed by atoms with Gasteiger partial charge in [-0.3, -0.25) is 0 Å². The molecule has 0 aliphatic carbocycles. The van der Waals surface area contributed by atoms with Crippen molar-refractivity contribution in [2.24, 2.45) is 5.73 Å². The number of nitrogens with one attached hydrogen (secondary N) is 1. The first-order chi connectivity index (χ1) is 8.06. The molecule has 6 heteroatoms. The largest absolute Gasteiger partial charge is 0.477 e. The molecule has 1 aromatic rings. The van der Waals surface area contributed by atoms with E-state index in [0.29, 0.717) is 5.56 Å². The van der Waals surface area contributed by atoms with Crippen LogP contribution in [0, 0.1) is 0 Å². The summed E-state index contributed by atoms with van der Waals surface area (Å²) in [5.74, 6) is -1.11. The van der Waals surface area contributed by atoms with Crippen molar-refractivity contribution in [1.82, 2.24) is 10.3 Å². The SMILES string of the molecule is CCCc1ccnc(C(=O)O)c1CNC(N)=O. The lowest BCUT2D eigenvalue weighted by Gasteiger charge is -2.11. The molecule has 0 aromatic carbocycles. The Balaban J connectivity index is 3.08. The number of aryl methyl sites for hydroxylation is 1. The molecular weight excluding hydrogens is 222 g/mol. The molecule has 0 spiro atoms. The van der Waals surface area contributed by atoms with Crippen molar-refractivity contribution in [1.29, 1.82) is 0 Å². The lowest BCUT2D eigenvalue weighted by Crippen LogP contribution is -2.30. The van der Waals surface area contributed by atoms with E-state index in [2.05, 4.69) is 10.3 Å². The van der Waals surface area contributed by atoms with Gasteiger partial charge in [0.25, 0.3) is 0 Å². The Labute approximate surface area is 98.8 Å². The van der Waals surface area contributed by atoms with Crippen molar-refractivity contribution in [3.05, 3.63) is 29.1 Å². The lowest BCUT2D eigenvalue weighted by atomic mass is 10.0. The highest BCUT2D eigenvalue weighted by atomic mass is 16.4. The smallest absolute Gasteiger partial charge is 0.354 e. The van der Waals surface area contributed by atoms with E-state index in [0.717, 1.165) is 18.4 Å². The molecule has 0 radical (unpaired) electrons. The van der Waals surface area contributed by atoms with Crippen LogP contribution in [-0.4, -0.2) is 22.1 Å². The predicted molar refractivity (Wildman–Crippen MR) is 61.6 cm³/mol. The summed E-state index contributed by atoms with van der Waals surface area (Å²) in [5.41, 5.74) is 6.32. The lowest BCUT2D eigenvalue weighted by molar-refractivity contribution is 0.0688. The van der Waals surface area contributed by atoms with Gasteiger partial charge < -0.3 is 16.2 Å². The number of nitrogens with zero attached hydrogens (tertiary/aromatic N) is 1. The number of rotatable bonds is 5. The second-order valence-electron chi connectivity index (χ2n) is 3.57. The van der Waals surface area contributed by atoms with Crippen LogP contribution >= 0.6 is 0 Å². The standard InChI is InChI=1S/C11H15N3O3/c1-2-3-7-4-5-13-9(10(15)16)8(7)6-14-11(12)17/h4-5H,2-3,6H2,1H3,(H,15,16)(H3,12,14,17). The van der Waals surface area contributed by atoms with E-state index in [-0.39, 0.29) is 12.2 Å². The number of aromatic nitrogens is 1. The fourth-order valence-corrected chi connectivity index (χ4v) is 1.59. The fourth-order valence-electron chi connectivity index (χ4n) is 1.59. The van der Waals surface area contributed by atoms with Gasteiger partial charge >= 0.3 is 12.0 Å². The number of carboxylic acids is 1. The first-order valence-electron chi connectivity index (χ1n) is 5.29. The molecule has 0 saturated heterocycles. The van der Waals surface area contributed by atoms with Crippen LogP contribution < -0.4 is 11.1 Å². The normalized spacial score (nSPS) is 9.94. The molecule has 4 N–H and O–H groups in total. The molecular formula is C11H15N3O3. The molecule has 0 fully saturated rings. The van der Waals surface area contributed by atoms with E-state index < -0.39 is 12.0 Å². The van der Waals surface area contributed by atoms with E-state index in [9.17, 15) is 9.59 Å². The number of primary amides is 1. The molecule has 92 valence electrons. The molecule has 1 rings (SSSR count). The third-order valence-corrected chi connectivity index (χ3v) is 2.31. The number of aromatic carboxylic acids is 1. The Hall–Kier alpha value is -2.11. The highest BCUT2D eigenvalue weighted by Gasteiger charge is 2.15. The van der Waals surface area contributed by atoms with Gasteiger partial charge in [-0.15, -0.1) is 0 Å². The molecule has 0 saturated carbocycles. The van der Waals surface area contributed by atoms with Gasteiger partial charge in [-0.05, 0) is 18.1 Å². The minimum Gasteiger partial charge on any atom is -0.477 e. The number of nitrogens with two attached hydrogens (primary N) is 1. The van der Waals surface area contributed by atoms with E-state index >= 15 is 0 Å². The average molecular weight is 237 g/mol. The first-order valence-corrected chi connectivity index (χ1v) is 5.29. The Kier molecular flexibility index (Phi) is 4.45. The molecule has 0 unspecified atom stereocenters. The molecule has 17 heavy (non-hydrogen) atoms. The molecule has 0 aliphatic rings. The van der Waals surface area contributed by atoms with Crippen LogP contribution in [-0.2, 0) is 13.0 Å². The van der Waals surface area contributed by atoms with Crippen LogP contribution in [0.25, 0.3) is 0 Å². The van der Waals surface area contributed by atoms with Crippen LogP contribution in [0.15, 0.2) is 12.3 Å². The number of hydrogen-bond donors (Lipinski definition) is 3. The summed E-state index contributed by atoms with van der Waals surface area (Å²) in [6.45, 7) is 2.08. The maximum absolute atomic E-state index is 11.0. The fraction of sp³-hybridized carbons (Fsp3) is 0.364. The maximum atomic E-state index is 11.0. The van der Waals surface area contributed by atoms with E-state index in [1.165, 1.54) is 6.20 Å². The molecule has 0 aliphatic heterocycles. The van der Waals surface area contributed by atoms with Crippen molar-refractivity contribution < 1.29 is 14.7 Å². The van der Waals surface area contributed by atoms with Gasteiger partial charge in [-0.2, -0.15) is 0 Å². The zero-order valence-electron chi connectivity index (χ0n) is 9.56. The summed E-state index contributed by atoms with van der Waals surface area (Å²) in [6, 6.07) is 1.07. The molecule has 0 atom stereocenters. The molecule has 0 bridgehead atoms. The van der Waals surface area contributed by atoms with Gasteiger partial charge in [0.2, 0.25) is 0 Å². The Morgan fingerprint density at radius 2 is 2.24 bits per heavy atom. The van der Waals surface area contributed by atoms with Crippen LogP contribution in [0.4, 0.5) is 4.79 Å². The van der Waals surface area contributed by atoms with Gasteiger partial charge in [0, 0.05) is 18.3 Å². The van der Waals surface area contributed by atoms with Gasteiger partial charge in [0.05, 0.1) is 0 Å². The van der Waals surface area contributed by atoms with Crippen LogP contribution in [0.3, 0.4) is 0 Å². The molecule has 2 amide bonds. The quantitative estimate of drug-likeness (QED) is 0.707. The zero-order valence-corrected chi connectivity index (χ0v) is 9.56. The number of urea groups is 1. The number of pyridine rings is 1. The van der Waals surface area contributed by atoms with Crippen LogP contribution in [0.2, 0.25) is 0 Å². The van der Waals surface area contributed by atoms with Crippen molar-refractivity contribution in [2.45, 2.75) is 26.3 Å². The minimum absolute atomic E-state index is 0.0373. The summed E-state index contributed by atoms with van der Waals surface area (Å²) < 4.78 is 0. The second kappa shape index (κ2) is 5.83. The number of carbonyl (C=O) groups is 2. The van der Waals surface area contributed by atoms with Crippen molar-refractivity contribution in [3.63, 3.8) is 0 Å². The monoisotopic (exact) mass is 237 g/mol. The third-order valence-electron chi connectivity index (χ3n) is 2.31. The highest BCUT2D eigenvalue weighted by Crippen LogP contribution is 2.14. The summed E-state index contributed by atoms with van der Waals surface area (Å²) >= 11 is 0. The van der Waals surface area contributed by atoms with Crippen molar-refractivity contribution >= 4 is 12.0 Å². The Morgan fingerprint density at radius 1 is 1.53 bits per heavy atom. The van der Waals surface area contributed by atoms with Crippen molar-refractivity contribution in [2.75, 3.05) is 0 Å². The topological polar surface area (TPSA) is 105 Å². The van der Waals surface area contributed by atoms with E-state index in [1.54, 1.807) is 6.07 Å². The average Bonchev–Trinajstić information content (AvgIpc) is 2.27. The van der Waals surface area contributed by atoms with Crippen LogP contribution in [0.1, 0.15) is 35.0 Å². The number of amides is 2. The number of hydrogen-bond acceptors (Lipinski definition) is 3.